The Morgan fingerprint density at radius 2 is 2.04 bits per heavy atom. The Bertz CT molecular complexity index is 648. The van der Waals surface area contributed by atoms with Crippen LogP contribution in [-0.2, 0) is 0 Å². The molecule has 2 heterocycles. The molecule has 1 aliphatic carbocycles. The molecule has 148 valence electrons. The minimum Gasteiger partial charge on any atom is -0.487 e. The van der Waals surface area contributed by atoms with Crippen molar-refractivity contribution in [3.05, 3.63) is 24.0 Å². The first-order chi connectivity index (χ1) is 13.2. The maximum atomic E-state index is 7.80. The van der Waals surface area contributed by atoms with Crippen LogP contribution in [0.15, 0.2) is 18.5 Å². The third-order valence-corrected chi connectivity index (χ3v) is 5.81. The molecule has 1 atom stereocenters. The van der Waals surface area contributed by atoms with Gasteiger partial charge < -0.3 is 26.5 Å². The Morgan fingerprint density at radius 3 is 2.74 bits per heavy atom. The average Bonchev–Trinajstić information content (AvgIpc) is 2.72. The first kappa shape index (κ1) is 19.7. The molecular formula is C21H33N5O. The third kappa shape index (κ3) is 5.45. The molecule has 1 saturated carbocycles. The van der Waals surface area contributed by atoms with E-state index in [0.29, 0.717) is 23.5 Å². The lowest BCUT2D eigenvalue weighted by molar-refractivity contribution is 0.124. The van der Waals surface area contributed by atoms with Gasteiger partial charge in [0.25, 0.3) is 0 Å². The molecule has 1 saturated heterocycles. The maximum absolute atomic E-state index is 7.80. The number of rotatable bonds is 7. The van der Waals surface area contributed by atoms with E-state index in [-0.39, 0.29) is 6.10 Å². The Balaban J connectivity index is 1.69. The van der Waals surface area contributed by atoms with E-state index in [9.17, 15) is 0 Å². The molecule has 1 unspecified atom stereocenters. The van der Waals surface area contributed by atoms with Crippen LogP contribution in [0.4, 0.5) is 5.82 Å². The summed E-state index contributed by atoms with van der Waals surface area (Å²) in [5.74, 6) is 1.62. The van der Waals surface area contributed by atoms with Gasteiger partial charge in [-0.1, -0.05) is 19.3 Å². The molecule has 6 nitrogen and oxygen atoms in total. The van der Waals surface area contributed by atoms with Crippen LogP contribution in [0.3, 0.4) is 0 Å². The highest BCUT2D eigenvalue weighted by Gasteiger charge is 2.22. The van der Waals surface area contributed by atoms with Crippen LogP contribution in [0.1, 0.15) is 57.4 Å². The van der Waals surface area contributed by atoms with E-state index in [1.54, 1.807) is 6.20 Å². The van der Waals surface area contributed by atoms with E-state index in [2.05, 4.69) is 22.5 Å². The molecule has 0 radical (unpaired) electrons. The smallest absolute Gasteiger partial charge is 0.166 e. The van der Waals surface area contributed by atoms with Gasteiger partial charge in [0, 0.05) is 35.8 Å². The summed E-state index contributed by atoms with van der Waals surface area (Å²) in [6.07, 6.45) is 13.7. The molecule has 2 fully saturated rings. The Kier molecular flexibility index (Phi) is 7.10. The van der Waals surface area contributed by atoms with Gasteiger partial charge in [0.15, 0.2) is 11.6 Å². The molecule has 27 heavy (non-hydrogen) atoms. The predicted molar refractivity (Wildman–Crippen MR) is 111 cm³/mol. The van der Waals surface area contributed by atoms with Crippen molar-refractivity contribution < 1.29 is 4.74 Å². The first-order valence-electron chi connectivity index (χ1n) is 10.3. The number of nitrogens with two attached hydrogens (primary N) is 1. The number of nitrogens with zero attached hydrogens (tertiary/aromatic N) is 1. The Labute approximate surface area is 162 Å². The molecule has 0 aromatic carbocycles. The van der Waals surface area contributed by atoms with Gasteiger partial charge in [0.05, 0.1) is 6.10 Å². The Morgan fingerprint density at radius 1 is 1.30 bits per heavy atom. The normalized spacial score (nSPS) is 20.9. The second-order valence-electron chi connectivity index (χ2n) is 7.76. The van der Waals surface area contributed by atoms with Crippen LogP contribution < -0.4 is 21.1 Å². The highest BCUT2D eigenvalue weighted by Crippen LogP contribution is 2.31. The van der Waals surface area contributed by atoms with Gasteiger partial charge in [-0.15, -0.1) is 0 Å². The van der Waals surface area contributed by atoms with Crippen molar-refractivity contribution in [1.29, 1.82) is 5.41 Å². The summed E-state index contributed by atoms with van der Waals surface area (Å²) in [7, 11) is 0. The number of anilines is 1. The van der Waals surface area contributed by atoms with E-state index in [1.807, 2.05) is 12.3 Å². The molecule has 1 aromatic rings. The van der Waals surface area contributed by atoms with Gasteiger partial charge >= 0.3 is 0 Å². The van der Waals surface area contributed by atoms with Crippen molar-refractivity contribution in [2.24, 2.45) is 5.92 Å². The van der Waals surface area contributed by atoms with E-state index in [1.165, 1.54) is 38.3 Å². The number of hydrogen-bond donors (Lipinski definition) is 4. The van der Waals surface area contributed by atoms with Gasteiger partial charge in [-0.2, -0.15) is 0 Å². The van der Waals surface area contributed by atoms with Crippen molar-refractivity contribution in [3.8, 4) is 5.75 Å². The second kappa shape index (κ2) is 9.74. The van der Waals surface area contributed by atoms with Crippen LogP contribution in [0.5, 0.6) is 5.75 Å². The quantitative estimate of drug-likeness (QED) is 0.551. The van der Waals surface area contributed by atoms with Crippen molar-refractivity contribution in [2.45, 2.75) is 64.0 Å². The largest absolute Gasteiger partial charge is 0.487 e. The number of nitrogens with one attached hydrogen (secondary N) is 3. The van der Waals surface area contributed by atoms with Crippen LogP contribution in [0, 0.1) is 11.3 Å². The molecule has 2 aliphatic rings. The number of pyridine rings is 1. The van der Waals surface area contributed by atoms with Crippen molar-refractivity contribution in [1.82, 2.24) is 15.6 Å². The number of nitrogen functional groups attached to an aromatic ring is 1. The molecule has 1 aromatic heterocycles. The second-order valence-corrected chi connectivity index (χ2v) is 7.76. The van der Waals surface area contributed by atoms with Gasteiger partial charge in [-0.25, -0.2) is 4.98 Å². The summed E-state index contributed by atoms with van der Waals surface area (Å²) < 4.78 is 6.20. The highest BCUT2D eigenvalue weighted by molar-refractivity contribution is 6.08. The van der Waals surface area contributed by atoms with Crippen molar-refractivity contribution >= 4 is 17.6 Å². The molecule has 0 spiro atoms. The van der Waals surface area contributed by atoms with Crippen LogP contribution in [-0.4, -0.2) is 36.4 Å². The molecule has 0 amide bonds. The summed E-state index contributed by atoms with van der Waals surface area (Å²) in [5, 5.41) is 14.6. The molecule has 3 rings (SSSR count). The lowest BCUT2D eigenvalue weighted by Crippen LogP contribution is -2.37. The molecule has 0 bridgehead atoms. The van der Waals surface area contributed by atoms with Crippen LogP contribution >= 0.6 is 0 Å². The monoisotopic (exact) mass is 371 g/mol. The third-order valence-electron chi connectivity index (χ3n) is 5.81. The minimum atomic E-state index is 0.130. The maximum Gasteiger partial charge on any atom is 0.166 e. The zero-order valence-corrected chi connectivity index (χ0v) is 16.3. The standard InChI is InChI=1S/C21H33N5O/c1-15(16-5-3-2-4-6-16)27-20-11-17(13-26-21(20)23)18(12-22)14-25-19-7-9-24-10-8-19/h11-16,19,22,24-25H,2-10H2,1H3,(H2,23,26)/b18-14+,22-12?. The predicted octanol–water partition coefficient (Wildman–Crippen LogP) is 3.34. The molecule has 6 heteroatoms. The Hall–Kier alpha value is -2.08. The summed E-state index contributed by atoms with van der Waals surface area (Å²) in [6.45, 7) is 4.20. The number of hydrogen-bond acceptors (Lipinski definition) is 6. The van der Waals surface area contributed by atoms with E-state index in [0.717, 1.165) is 37.1 Å². The number of aromatic nitrogens is 1. The lowest BCUT2D eigenvalue weighted by Gasteiger charge is -2.28. The van der Waals surface area contributed by atoms with Gasteiger partial charge in [0.1, 0.15) is 0 Å². The molecule has 5 N–H and O–H groups in total. The number of ether oxygens (including phenoxy) is 1. The molecule has 1 aliphatic heterocycles. The van der Waals surface area contributed by atoms with Gasteiger partial charge in [-0.05, 0) is 57.7 Å². The number of allylic oxidation sites excluding steroid dienone is 1. The zero-order chi connectivity index (χ0) is 19.1. The van der Waals surface area contributed by atoms with Crippen molar-refractivity contribution in [3.63, 3.8) is 0 Å². The first-order valence-corrected chi connectivity index (χ1v) is 10.3. The summed E-state index contributed by atoms with van der Waals surface area (Å²) in [5.41, 5.74) is 7.71. The summed E-state index contributed by atoms with van der Waals surface area (Å²) >= 11 is 0. The van der Waals surface area contributed by atoms with E-state index in [4.69, 9.17) is 15.9 Å². The van der Waals surface area contributed by atoms with E-state index >= 15 is 0 Å². The fraction of sp³-hybridized carbons (Fsp3) is 0.619. The SMILES string of the molecule is CC(Oc1cc(/C(C=N)=C/NC2CCNCC2)cnc1N)C1CCCCC1. The minimum absolute atomic E-state index is 0.130. The summed E-state index contributed by atoms with van der Waals surface area (Å²) in [4.78, 5) is 4.31. The number of piperidine rings is 1. The zero-order valence-electron chi connectivity index (χ0n) is 16.3. The van der Waals surface area contributed by atoms with Gasteiger partial charge in [0.2, 0.25) is 0 Å². The molecular weight excluding hydrogens is 338 g/mol. The highest BCUT2D eigenvalue weighted by atomic mass is 16.5. The van der Waals surface area contributed by atoms with Crippen molar-refractivity contribution in [2.75, 3.05) is 18.8 Å². The summed E-state index contributed by atoms with van der Waals surface area (Å²) in [6, 6.07) is 2.37. The van der Waals surface area contributed by atoms with E-state index < -0.39 is 0 Å². The lowest BCUT2D eigenvalue weighted by atomic mass is 9.86. The van der Waals surface area contributed by atoms with Gasteiger partial charge in [-0.3, -0.25) is 0 Å². The topological polar surface area (TPSA) is 96.0 Å². The fourth-order valence-corrected chi connectivity index (χ4v) is 4.01. The average molecular weight is 372 g/mol. The van der Waals surface area contributed by atoms with Crippen LogP contribution in [0.25, 0.3) is 5.57 Å². The van der Waals surface area contributed by atoms with Crippen LogP contribution in [0.2, 0.25) is 0 Å². The fourth-order valence-electron chi connectivity index (χ4n) is 4.01.